The Morgan fingerprint density at radius 3 is 1.06 bits per heavy atom. The van der Waals surface area contributed by atoms with Crippen LogP contribution < -0.4 is 4.90 Å². The molecule has 1 aliphatic carbocycles. The number of hydrogen-bond acceptors (Lipinski definition) is 1. The molecule has 1 nitrogen and oxygen atoms in total. The van der Waals surface area contributed by atoms with E-state index in [2.05, 4.69) is 78.9 Å². The van der Waals surface area contributed by atoms with Crippen molar-refractivity contribution in [2.75, 3.05) is 4.90 Å². The molecule has 0 unspecified atom stereocenters. The second kappa shape index (κ2) is 15.9. The van der Waals surface area contributed by atoms with E-state index in [9.17, 15) is 11.0 Å². The normalized spacial score (nSPS) is 14.1. The summed E-state index contributed by atoms with van der Waals surface area (Å²) in [5, 5.41) is 0. The molecule has 0 N–H and O–H groups in total. The van der Waals surface area contributed by atoms with Gasteiger partial charge in [0.05, 0.1) is 16.4 Å². The average molecular weight is 798 g/mol. The highest BCUT2D eigenvalue weighted by molar-refractivity contribution is 5.91. The molecule has 0 saturated carbocycles. The molecule has 0 amide bonds. The zero-order chi connectivity index (χ0) is 48.3. The predicted molar refractivity (Wildman–Crippen MR) is 260 cm³/mol. The maximum atomic E-state index is 9.70. The molecule has 0 aliphatic heterocycles. The molecule has 10 aromatic rings. The maximum absolute atomic E-state index is 9.70. The molecule has 1 heteroatoms. The van der Waals surface area contributed by atoms with Crippen molar-refractivity contribution in [2.45, 2.75) is 5.41 Å². The Hall–Kier alpha value is -8.00. The van der Waals surface area contributed by atoms with Crippen LogP contribution in [0.15, 0.2) is 261 Å². The van der Waals surface area contributed by atoms with Gasteiger partial charge in [-0.15, -0.1) is 0 Å². The molecule has 0 radical (unpaired) electrons. The van der Waals surface area contributed by atoms with Crippen LogP contribution in [0.2, 0.25) is 0 Å². The quantitative estimate of drug-likeness (QED) is 0.141. The van der Waals surface area contributed by atoms with Gasteiger partial charge in [0.15, 0.2) is 0 Å². The maximum Gasteiger partial charge on any atom is 0.0714 e. The fourth-order valence-corrected chi connectivity index (χ4v) is 8.98. The van der Waals surface area contributed by atoms with Crippen LogP contribution in [-0.2, 0) is 5.41 Å². The first-order valence-electron chi connectivity index (χ1n) is 24.8. The van der Waals surface area contributed by atoms with Gasteiger partial charge >= 0.3 is 0 Å². The second-order valence-electron chi connectivity index (χ2n) is 15.4. The smallest absolute Gasteiger partial charge is 0.0714 e. The van der Waals surface area contributed by atoms with Gasteiger partial charge in [-0.2, -0.15) is 0 Å². The molecule has 0 spiro atoms. The van der Waals surface area contributed by atoms with Crippen LogP contribution in [0.3, 0.4) is 0 Å². The lowest BCUT2D eigenvalue weighted by atomic mass is 9.67. The summed E-state index contributed by atoms with van der Waals surface area (Å²) in [7, 11) is 0. The van der Waals surface area contributed by atoms with E-state index in [1.165, 1.54) is 4.90 Å². The van der Waals surface area contributed by atoms with E-state index < -0.39 is 29.6 Å². The highest BCUT2D eigenvalue weighted by Gasteiger charge is 2.46. The monoisotopic (exact) mass is 797 g/mol. The number of fused-ring (bicyclic) bond motifs is 3. The van der Waals surface area contributed by atoms with Crippen molar-refractivity contribution in [3.05, 3.63) is 283 Å². The zero-order valence-corrected chi connectivity index (χ0v) is 33.7. The van der Waals surface area contributed by atoms with Gasteiger partial charge < -0.3 is 4.90 Å². The number of nitrogens with zero attached hydrogens (tertiary/aromatic N) is 1. The van der Waals surface area contributed by atoms with E-state index in [1.54, 1.807) is 48.5 Å². The first-order chi connectivity index (χ1) is 34.1. The summed E-state index contributed by atoms with van der Waals surface area (Å²) in [6.07, 6.45) is 0. The van der Waals surface area contributed by atoms with Gasteiger partial charge in [0.1, 0.15) is 0 Å². The third-order valence-corrected chi connectivity index (χ3v) is 11.9. The Morgan fingerprint density at radius 1 is 0.274 bits per heavy atom. The van der Waals surface area contributed by atoms with Crippen LogP contribution in [0.4, 0.5) is 17.1 Å². The molecule has 292 valence electrons. The number of anilines is 3. The standard InChI is InChI=1S/C61H43N/c1-6-16-44(17-7-1)47-26-28-50(29-27-47)51-34-40-57-58-41-39-56(43-60(58)61(59(57)42-51,52-22-12-4-13-23-52)53-24-14-5-15-25-53)62(54-35-30-48(31-36-54)45-18-8-2-9-19-45)55-37-32-49(33-38-55)46-20-10-3-11-21-46/h1-43H/i30D,31D,32D,33D,35D,36D,37D,38D. The average Bonchev–Trinajstić information content (AvgIpc) is 3.70. The molecular weight excluding hydrogens is 747 g/mol. The summed E-state index contributed by atoms with van der Waals surface area (Å²) in [6, 6.07) is 66.7. The molecule has 0 atom stereocenters. The van der Waals surface area contributed by atoms with Gasteiger partial charge in [-0.05, 0) is 120 Å². The van der Waals surface area contributed by atoms with Gasteiger partial charge in [0.2, 0.25) is 0 Å². The number of benzene rings is 10. The highest BCUT2D eigenvalue weighted by Crippen LogP contribution is 2.58. The second-order valence-corrected chi connectivity index (χ2v) is 15.4. The van der Waals surface area contributed by atoms with Crippen LogP contribution in [0.1, 0.15) is 33.2 Å². The van der Waals surface area contributed by atoms with Crippen molar-refractivity contribution in [3.63, 3.8) is 0 Å². The lowest BCUT2D eigenvalue weighted by Crippen LogP contribution is -2.28. The van der Waals surface area contributed by atoms with E-state index >= 15 is 0 Å². The van der Waals surface area contributed by atoms with Crippen LogP contribution in [0.5, 0.6) is 0 Å². The first-order valence-corrected chi connectivity index (χ1v) is 20.8. The minimum atomic E-state index is -0.952. The van der Waals surface area contributed by atoms with Crippen molar-refractivity contribution < 1.29 is 11.0 Å². The van der Waals surface area contributed by atoms with Gasteiger partial charge in [0.25, 0.3) is 0 Å². The van der Waals surface area contributed by atoms with E-state index in [0.717, 1.165) is 55.6 Å². The van der Waals surface area contributed by atoms with Crippen molar-refractivity contribution in [1.29, 1.82) is 0 Å². The van der Waals surface area contributed by atoms with Crippen molar-refractivity contribution in [1.82, 2.24) is 0 Å². The predicted octanol–water partition coefficient (Wildman–Crippen LogP) is 16.2. The van der Waals surface area contributed by atoms with Gasteiger partial charge in [-0.3, -0.25) is 0 Å². The van der Waals surface area contributed by atoms with Crippen LogP contribution in [-0.4, -0.2) is 0 Å². The van der Waals surface area contributed by atoms with E-state index in [4.69, 9.17) is 0 Å². The lowest BCUT2D eigenvalue weighted by Gasteiger charge is -2.35. The zero-order valence-electron chi connectivity index (χ0n) is 41.7. The van der Waals surface area contributed by atoms with Crippen LogP contribution in [0.25, 0.3) is 55.6 Å². The summed E-state index contributed by atoms with van der Waals surface area (Å²) in [6.45, 7) is 0. The van der Waals surface area contributed by atoms with Crippen LogP contribution >= 0.6 is 0 Å². The molecule has 0 saturated heterocycles. The SMILES string of the molecule is [2H]c1c([2H])c(N(c2ccc3c(c2)C(c2ccccc2)(c2ccccc2)c2cc(-c4ccc(-c5ccccc5)cc4)ccc2-3)c2c([2H])c([2H])c(-c3ccccc3)c([2H])c2[2H])c([2H])c([2H])c1-c1ccccc1. The van der Waals surface area contributed by atoms with Gasteiger partial charge in [0, 0.05) is 17.1 Å². The summed E-state index contributed by atoms with van der Waals surface area (Å²) >= 11 is 0. The summed E-state index contributed by atoms with van der Waals surface area (Å²) in [4.78, 5) is 1.41. The number of hydrogen-bond donors (Lipinski definition) is 0. The van der Waals surface area contributed by atoms with Crippen molar-refractivity contribution >= 4 is 17.1 Å². The highest BCUT2D eigenvalue weighted by atomic mass is 15.1. The Bertz CT molecular complexity index is 3400. The summed E-state index contributed by atoms with van der Waals surface area (Å²) in [5.74, 6) is 0. The van der Waals surface area contributed by atoms with Gasteiger partial charge in [-0.1, -0.05) is 218 Å². The summed E-state index contributed by atoms with van der Waals surface area (Å²) < 4.78 is 76.5. The molecule has 10 aromatic carbocycles. The lowest BCUT2D eigenvalue weighted by molar-refractivity contribution is 0.768. The molecule has 0 heterocycles. The third-order valence-electron chi connectivity index (χ3n) is 11.9. The van der Waals surface area contributed by atoms with E-state index in [-0.39, 0.29) is 46.7 Å². The largest absolute Gasteiger partial charge is 0.310 e. The Balaban J connectivity index is 1.19. The molecule has 0 bridgehead atoms. The summed E-state index contributed by atoms with van der Waals surface area (Å²) in [5.41, 5.74) is 10.3. The molecular formula is C61H43N. The molecule has 1 aliphatic rings. The van der Waals surface area contributed by atoms with Gasteiger partial charge in [-0.25, -0.2) is 0 Å². The Kier molecular flexibility index (Phi) is 7.49. The van der Waals surface area contributed by atoms with E-state index in [1.807, 2.05) is 84.9 Å². The number of rotatable bonds is 9. The third kappa shape index (κ3) is 6.52. The van der Waals surface area contributed by atoms with Crippen molar-refractivity contribution in [2.24, 2.45) is 0 Å². The molecule has 0 aromatic heterocycles. The Morgan fingerprint density at radius 2 is 0.613 bits per heavy atom. The fourth-order valence-electron chi connectivity index (χ4n) is 8.98. The van der Waals surface area contributed by atoms with E-state index in [0.29, 0.717) is 16.8 Å². The van der Waals surface area contributed by atoms with Crippen molar-refractivity contribution in [3.8, 4) is 55.6 Å². The minimum Gasteiger partial charge on any atom is -0.310 e. The molecule has 62 heavy (non-hydrogen) atoms. The molecule has 0 fully saturated rings. The van der Waals surface area contributed by atoms with Crippen LogP contribution in [0, 0.1) is 0 Å². The fraction of sp³-hybridized carbons (Fsp3) is 0.0164. The first kappa shape index (κ1) is 29.3. The molecule has 11 rings (SSSR count). The minimum absolute atomic E-state index is 0.111. The Labute approximate surface area is 375 Å². The topological polar surface area (TPSA) is 3.24 Å².